The number of rotatable bonds is 3. The van der Waals surface area contributed by atoms with Crippen molar-refractivity contribution in [3.05, 3.63) is 77.2 Å². The van der Waals surface area contributed by atoms with Gasteiger partial charge in [-0.05, 0) is 23.1 Å². The average Bonchev–Trinajstić information content (AvgIpc) is 2.72. The molecule has 2 N–H and O–H groups in total. The van der Waals surface area contributed by atoms with Crippen LogP contribution in [0.2, 0.25) is 0 Å². The molecule has 1 heterocycles. The Balaban J connectivity index is 1.97. The van der Waals surface area contributed by atoms with Crippen molar-refractivity contribution in [3.63, 3.8) is 0 Å². The lowest BCUT2D eigenvalue weighted by Crippen LogP contribution is -2.21. The molecule has 3 aromatic carbocycles. The summed E-state index contributed by atoms with van der Waals surface area (Å²) >= 11 is 0. The summed E-state index contributed by atoms with van der Waals surface area (Å²) in [5.74, 6) is 1.69. The number of fused-ring (bicyclic) bond motifs is 3. The molecule has 0 radical (unpaired) electrons. The van der Waals surface area contributed by atoms with Crippen LogP contribution in [0.25, 0.3) is 10.8 Å². The first kappa shape index (κ1) is 16.8. The Bertz CT molecular complexity index is 1110. The zero-order valence-corrected chi connectivity index (χ0v) is 15.0. The number of benzene rings is 3. The first-order valence-electron chi connectivity index (χ1n) is 8.49. The summed E-state index contributed by atoms with van der Waals surface area (Å²) in [5.41, 5.74) is 8.28. The van der Waals surface area contributed by atoms with Crippen LogP contribution >= 0.6 is 0 Å². The molecule has 1 aliphatic rings. The van der Waals surface area contributed by atoms with Crippen molar-refractivity contribution >= 4 is 10.8 Å². The Hall–Kier alpha value is -3.65. The van der Waals surface area contributed by atoms with E-state index >= 15 is 0 Å². The van der Waals surface area contributed by atoms with E-state index in [9.17, 15) is 5.26 Å². The van der Waals surface area contributed by atoms with Gasteiger partial charge in [0.05, 0.1) is 20.1 Å². The van der Waals surface area contributed by atoms with Gasteiger partial charge in [-0.3, -0.25) is 0 Å². The molecule has 0 spiro atoms. The molecular weight excluding hydrogens is 340 g/mol. The predicted molar refractivity (Wildman–Crippen MR) is 103 cm³/mol. The van der Waals surface area contributed by atoms with Gasteiger partial charge in [0.2, 0.25) is 5.88 Å². The highest BCUT2D eigenvalue weighted by Crippen LogP contribution is 2.46. The van der Waals surface area contributed by atoms with Crippen LogP contribution in [0.15, 0.2) is 66.1 Å². The number of hydrogen-bond acceptors (Lipinski definition) is 5. The number of hydrogen-bond donors (Lipinski definition) is 1. The van der Waals surface area contributed by atoms with E-state index in [-0.39, 0.29) is 11.8 Å². The molecule has 1 atom stereocenters. The molecule has 4 rings (SSSR count). The second-order valence-corrected chi connectivity index (χ2v) is 6.24. The third-order valence-corrected chi connectivity index (χ3v) is 4.85. The van der Waals surface area contributed by atoms with Crippen molar-refractivity contribution in [1.29, 1.82) is 5.26 Å². The molecule has 0 aliphatic carbocycles. The van der Waals surface area contributed by atoms with E-state index in [0.29, 0.717) is 22.8 Å². The fourth-order valence-electron chi connectivity index (χ4n) is 3.56. The molecule has 0 unspecified atom stereocenters. The van der Waals surface area contributed by atoms with Crippen molar-refractivity contribution < 1.29 is 14.2 Å². The highest BCUT2D eigenvalue weighted by atomic mass is 16.5. The van der Waals surface area contributed by atoms with Gasteiger partial charge in [0.15, 0.2) is 11.5 Å². The SMILES string of the molecule is COc1ccc([C@H]2C(C#N)=C(N)Oc3c2ccc2ccccc32)cc1OC. The van der Waals surface area contributed by atoms with Gasteiger partial charge in [-0.1, -0.05) is 42.5 Å². The summed E-state index contributed by atoms with van der Waals surface area (Å²) in [4.78, 5) is 0. The van der Waals surface area contributed by atoms with E-state index in [1.807, 2.05) is 54.6 Å². The van der Waals surface area contributed by atoms with Gasteiger partial charge in [0.1, 0.15) is 17.4 Å². The van der Waals surface area contributed by atoms with E-state index in [1.54, 1.807) is 14.2 Å². The highest BCUT2D eigenvalue weighted by Gasteiger charge is 2.32. The molecule has 0 amide bonds. The standard InChI is InChI=1S/C22H18N2O3/c1-25-18-10-8-14(11-19(18)26-2)20-16-9-7-13-5-3-4-6-15(13)21(16)27-22(24)17(20)12-23/h3-11,20H,24H2,1-2H3/t20-/m1/s1. The molecule has 27 heavy (non-hydrogen) atoms. The van der Waals surface area contributed by atoms with Gasteiger partial charge >= 0.3 is 0 Å². The van der Waals surface area contributed by atoms with E-state index in [2.05, 4.69) is 6.07 Å². The maximum Gasteiger partial charge on any atom is 0.205 e. The van der Waals surface area contributed by atoms with E-state index in [1.165, 1.54) is 0 Å². The number of nitriles is 1. The van der Waals surface area contributed by atoms with Crippen LogP contribution < -0.4 is 19.9 Å². The van der Waals surface area contributed by atoms with Crippen molar-refractivity contribution in [2.75, 3.05) is 14.2 Å². The topological polar surface area (TPSA) is 77.5 Å². The lowest BCUT2D eigenvalue weighted by atomic mass is 9.82. The van der Waals surface area contributed by atoms with Gasteiger partial charge in [0, 0.05) is 10.9 Å². The second-order valence-electron chi connectivity index (χ2n) is 6.24. The maximum atomic E-state index is 9.74. The van der Waals surface area contributed by atoms with Crippen LogP contribution in [0.5, 0.6) is 17.2 Å². The maximum absolute atomic E-state index is 9.74. The molecule has 0 saturated heterocycles. The van der Waals surface area contributed by atoms with Crippen molar-refractivity contribution in [1.82, 2.24) is 0 Å². The van der Waals surface area contributed by atoms with Crippen LogP contribution in [0, 0.1) is 11.3 Å². The Morgan fingerprint density at radius 1 is 1.00 bits per heavy atom. The van der Waals surface area contributed by atoms with Crippen LogP contribution in [0.3, 0.4) is 0 Å². The van der Waals surface area contributed by atoms with Gasteiger partial charge < -0.3 is 19.9 Å². The Morgan fingerprint density at radius 2 is 1.78 bits per heavy atom. The highest BCUT2D eigenvalue weighted by molar-refractivity contribution is 5.91. The summed E-state index contributed by atoms with van der Waals surface area (Å²) < 4.78 is 16.6. The molecule has 5 nitrogen and oxygen atoms in total. The molecule has 0 saturated carbocycles. The Kier molecular flexibility index (Phi) is 4.09. The third-order valence-electron chi connectivity index (χ3n) is 4.85. The van der Waals surface area contributed by atoms with E-state index in [4.69, 9.17) is 19.9 Å². The van der Waals surface area contributed by atoms with Crippen LogP contribution in [0.1, 0.15) is 17.0 Å². The molecule has 0 fully saturated rings. The normalized spacial score (nSPS) is 15.7. The van der Waals surface area contributed by atoms with Crippen LogP contribution in [0.4, 0.5) is 0 Å². The van der Waals surface area contributed by atoms with Gasteiger partial charge in [0.25, 0.3) is 0 Å². The Labute approximate surface area is 157 Å². The zero-order valence-electron chi connectivity index (χ0n) is 15.0. The average molecular weight is 358 g/mol. The third kappa shape index (κ3) is 2.63. The molecule has 5 heteroatoms. The lowest BCUT2D eigenvalue weighted by Gasteiger charge is -2.27. The molecule has 134 valence electrons. The van der Waals surface area contributed by atoms with Gasteiger partial charge in [-0.2, -0.15) is 5.26 Å². The zero-order chi connectivity index (χ0) is 19.0. The summed E-state index contributed by atoms with van der Waals surface area (Å²) in [7, 11) is 3.18. The smallest absolute Gasteiger partial charge is 0.205 e. The van der Waals surface area contributed by atoms with Crippen molar-refractivity contribution in [2.24, 2.45) is 5.73 Å². The molecule has 0 aromatic heterocycles. The monoisotopic (exact) mass is 358 g/mol. The number of ether oxygens (including phenoxy) is 3. The summed E-state index contributed by atoms with van der Waals surface area (Å²) in [6, 6.07) is 19.8. The number of nitrogens with zero attached hydrogens (tertiary/aromatic N) is 1. The van der Waals surface area contributed by atoms with E-state index in [0.717, 1.165) is 21.9 Å². The minimum absolute atomic E-state index is 0.126. The molecule has 0 bridgehead atoms. The summed E-state index contributed by atoms with van der Waals surface area (Å²) in [5, 5.41) is 11.7. The predicted octanol–water partition coefficient (Wildman–Crippen LogP) is 4.08. The first-order valence-corrected chi connectivity index (χ1v) is 8.49. The van der Waals surface area contributed by atoms with Crippen LogP contribution in [-0.2, 0) is 0 Å². The fourth-order valence-corrected chi connectivity index (χ4v) is 3.56. The van der Waals surface area contributed by atoms with Crippen LogP contribution in [-0.4, -0.2) is 14.2 Å². The summed E-state index contributed by atoms with van der Waals surface area (Å²) in [6.45, 7) is 0. The molecule has 3 aromatic rings. The lowest BCUT2D eigenvalue weighted by molar-refractivity contribution is 0.354. The second kappa shape index (κ2) is 6.58. The number of allylic oxidation sites excluding steroid dienone is 1. The summed E-state index contributed by atoms with van der Waals surface area (Å²) in [6.07, 6.45) is 0. The van der Waals surface area contributed by atoms with Crippen molar-refractivity contribution in [2.45, 2.75) is 5.92 Å². The number of methoxy groups -OCH3 is 2. The number of nitrogens with two attached hydrogens (primary N) is 1. The molecular formula is C22H18N2O3. The van der Waals surface area contributed by atoms with Gasteiger partial charge in [-0.15, -0.1) is 0 Å². The minimum atomic E-state index is -0.344. The largest absolute Gasteiger partial charge is 0.493 e. The van der Waals surface area contributed by atoms with Gasteiger partial charge in [-0.25, -0.2) is 0 Å². The molecule has 1 aliphatic heterocycles. The van der Waals surface area contributed by atoms with E-state index < -0.39 is 0 Å². The first-order chi connectivity index (χ1) is 13.2. The minimum Gasteiger partial charge on any atom is -0.493 e. The Morgan fingerprint density at radius 3 is 2.52 bits per heavy atom. The quantitative estimate of drug-likeness (QED) is 0.763. The van der Waals surface area contributed by atoms with Crippen molar-refractivity contribution in [3.8, 4) is 23.3 Å². The fraction of sp³-hybridized carbons (Fsp3) is 0.136.